The van der Waals surface area contributed by atoms with Crippen molar-refractivity contribution in [2.75, 3.05) is 0 Å². The molecule has 0 bridgehead atoms. The first-order chi connectivity index (χ1) is 11.0. The second-order valence-electron chi connectivity index (χ2n) is 6.74. The van der Waals surface area contributed by atoms with Crippen LogP contribution in [0.3, 0.4) is 0 Å². The van der Waals surface area contributed by atoms with E-state index in [1.807, 2.05) is 12.1 Å². The number of carbonyl (C=O) groups is 1. The molecule has 1 aliphatic rings. The van der Waals surface area contributed by atoms with Crippen molar-refractivity contribution < 1.29 is 9.90 Å². The van der Waals surface area contributed by atoms with E-state index in [2.05, 4.69) is 44.2 Å². The lowest BCUT2D eigenvalue weighted by molar-refractivity contribution is -0.115. The van der Waals surface area contributed by atoms with Crippen LogP contribution in [0.25, 0.3) is 0 Å². The van der Waals surface area contributed by atoms with Crippen molar-refractivity contribution in [3.63, 3.8) is 0 Å². The third-order valence-corrected chi connectivity index (χ3v) is 4.86. The lowest BCUT2D eigenvalue weighted by atomic mass is 9.65. The number of phenolic OH excluding ortho intramolecular Hbond substituents is 1. The number of carbonyl (C=O) groups excluding carboxylic acids is 1. The van der Waals surface area contributed by atoms with E-state index in [0.717, 1.165) is 12.0 Å². The zero-order valence-electron chi connectivity index (χ0n) is 13.6. The third-order valence-electron chi connectivity index (χ3n) is 4.86. The van der Waals surface area contributed by atoms with Crippen molar-refractivity contribution in [1.29, 1.82) is 0 Å². The number of aryl methyl sites for hydroxylation is 1. The van der Waals surface area contributed by atoms with E-state index in [9.17, 15) is 9.90 Å². The average molecular weight is 306 g/mol. The van der Waals surface area contributed by atoms with Crippen LogP contribution < -0.4 is 0 Å². The summed E-state index contributed by atoms with van der Waals surface area (Å²) in [6, 6.07) is 16.0. The minimum Gasteiger partial charge on any atom is -0.508 e. The molecule has 2 aromatic rings. The van der Waals surface area contributed by atoms with Crippen LogP contribution in [0.15, 0.2) is 60.7 Å². The van der Waals surface area contributed by atoms with Crippen LogP contribution in [0.5, 0.6) is 5.75 Å². The molecule has 0 saturated heterocycles. The molecule has 23 heavy (non-hydrogen) atoms. The van der Waals surface area contributed by atoms with Crippen LogP contribution in [0.4, 0.5) is 0 Å². The number of ketones is 1. The smallest absolute Gasteiger partial charge is 0.155 e. The second-order valence-corrected chi connectivity index (χ2v) is 6.74. The summed E-state index contributed by atoms with van der Waals surface area (Å²) in [5.74, 6) is 0.639. The molecule has 2 atom stereocenters. The highest BCUT2D eigenvalue weighted by Crippen LogP contribution is 2.47. The Morgan fingerprint density at radius 2 is 1.57 bits per heavy atom. The molecule has 118 valence electrons. The number of phenols is 1. The summed E-state index contributed by atoms with van der Waals surface area (Å²) in [6.07, 6.45) is 5.22. The van der Waals surface area contributed by atoms with Gasteiger partial charge in [-0.2, -0.15) is 0 Å². The Morgan fingerprint density at radius 1 is 1.00 bits per heavy atom. The summed E-state index contributed by atoms with van der Waals surface area (Å²) >= 11 is 0. The van der Waals surface area contributed by atoms with Crippen molar-refractivity contribution in [1.82, 2.24) is 0 Å². The first kappa shape index (κ1) is 15.5. The molecule has 1 N–H and O–H groups in total. The van der Waals surface area contributed by atoms with Crippen LogP contribution in [0.2, 0.25) is 0 Å². The fourth-order valence-electron chi connectivity index (χ4n) is 3.46. The van der Waals surface area contributed by atoms with Crippen LogP contribution >= 0.6 is 0 Å². The van der Waals surface area contributed by atoms with Crippen LogP contribution in [0.1, 0.15) is 42.4 Å². The maximum absolute atomic E-state index is 11.6. The van der Waals surface area contributed by atoms with Gasteiger partial charge in [0.2, 0.25) is 0 Å². The second kappa shape index (κ2) is 6.04. The molecule has 2 unspecified atom stereocenters. The van der Waals surface area contributed by atoms with E-state index < -0.39 is 0 Å². The summed E-state index contributed by atoms with van der Waals surface area (Å²) < 4.78 is 0. The van der Waals surface area contributed by atoms with Crippen molar-refractivity contribution in [2.24, 2.45) is 5.41 Å². The minimum atomic E-state index is -0.111. The van der Waals surface area contributed by atoms with Crippen molar-refractivity contribution in [3.8, 4) is 5.75 Å². The topological polar surface area (TPSA) is 37.3 Å². The Hall–Kier alpha value is -2.35. The summed E-state index contributed by atoms with van der Waals surface area (Å²) in [7, 11) is 0. The molecule has 0 amide bonds. The normalized spacial score (nSPS) is 22.1. The van der Waals surface area contributed by atoms with Crippen LogP contribution in [0, 0.1) is 12.3 Å². The first-order valence-corrected chi connectivity index (χ1v) is 8.05. The van der Waals surface area contributed by atoms with E-state index in [0.29, 0.717) is 6.42 Å². The molecule has 2 heteroatoms. The zero-order chi connectivity index (χ0) is 16.4. The highest BCUT2D eigenvalue weighted by atomic mass is 16.3. The molecule has 0 radical (unpaired) electrons. The molecule has 0 spiro atoms. The van der Waals surface area contributed by atoms with Gasteiger partial charge in [-0.25, -0.2) is 0 Å². The highest BCUT2D eigenvalue weighted by molar-refractivity contribution is 5.90. The van der Waals surface area contributed by atoms with Gasteiger partial charge < -0.3 is 5.11 Å². The predicted molar refractivity (Wildman–Crippen MR) is 92.6 cm³/mol. The molecule has 0 aromatic heterocycles. The maximum atomic E-state index is 11.6. The molecule has 2 aromatic carbocycles. The monoisotopic (exact) mass is 306 g/mol. The maximum Gasteiger partial charge on any atom is 0.155 e. The average Bonchev–Trinajstić information content (AvgIpc) is 2.54. The van der Waals surface area contributed by atoms with Gasteiger partial charge in [0, 0.05) is 12.3 Å². The van der Waals surface area contributed by atoms with E-state index in [-0.39, 0.29) is 22.9 Å². The fraction of sp³-hybridized carbons (Fsp3) is 0.286. The van der Waals surface area contributed by atoms with Crippen molar-refractivity contribution in [2.45, 2.75) is 32.6 Å². The summed E-state index contributed by atoms with van der Waals surface area (Å²) in [5, 5.41) is 9.60. The van der Waals surface area contributed by atoms with Gasteiger partial charge >= 0.3 is 0 Å². The molecule has 3 rings (SSSR count). The summed E-state index contributed by atoms with van der Waals surface area (Å²) in [4.78, 5) is 11.6. The summed E-state index contributed by atoms with van der Waals surface area (Å²) in [5.41, 5.74) is 3.52. The fourth-order valence-corrected chi connectivity index (χ4v) is 3.46. The van der Waals surface area contributed by atoms with Gasteiger partial charge in [0.15, 0.2) is 5.78 Å². The molecule has 2 nitrogen and oxygen atoms in total. The molecule has 1 aliphatic carbocycles. The van der Waals surface area contributed by atoms with E-state index in [4.69, 9.17) is 0 Å². The molecular formula is C21H22O2. The number of rotatable bonds is 3. The zero-order valence-corrected chi connectivity index (χ0v) is 13.6. The van der Waals surface area contributed by atoms with Gasteiger partial charge in [0.1, 0.15) is 5.75 Å². The van der Waals surface area contributed by atoms with Crippen molar-refractivity contribution >= 4 is 5.78 Å². The molecule has 0 saturated carbocycles. The Morgan fingerprint density at radius 3 is 2.09 bits per heavy atom. The first-order valence-electron chi connectivity index (χ1n) is 8.05. The van der Waals surface area contributed by atoms with Crippen molar-refractivity contribution in [3.05, 3.63) is 77.4 Å². The Kier molecular flexibility index (Phi) is 4.08. The van der Waals surface area contributed by atoms with E-state index >= 15 is 0 Å². The minimum absolute atomic E-state index is 0.111. The molecule has 0 aliphatic heterocycles. The van der Waals surface area contributed by atoms with Gasteiger partial charge in [0.25, 0.3) is 0 Å². The van der Waals surface area contributed by atoms with Gasteiger partial charge in [-0.1, -0.05) is 55.0 Å². The molecular weight excluding hydrogens is 284 g/mol. The van der Waals surface area contributed by atoms with Crippen LogP contribution in [-0.4, -0.2) is 10.9 Å². The lowest BCUT2D eigenvalue weighted by Gasteiger charge is -2.38. The SMILES string of the molecule is Cc1ccc(C(c2ccc(O)cc2)C2(C)C=CC(=O)CC2)cc1. The third kappa shape index (κ3) is 3.21. The van der Waals surface area contributed by atoms with E-state index in [1.165, 1.54) is 11.1 Å². The van der Waals surface area contributed by atoms with Gasteiger partial charge in [-0.3, -0.25) is 4.79 Å². The standard InChI is InChI=1S/C21H22O2/c1-15-3-5-16(6-4-15)20(17-7-9-18(22)10-8-17)21(2)13-11-19(23)12-14-21/h3-11,13,20,22H,12,14H2,1-2H3. The highest BCUT2D eigenvalue weighted by Gasteiger charge is 2.36. The Labute approximate surface area is 137 Å². The number of hydrogen-bond acceptors (Lipinski definition) is 2. The predicted octanol–water partition coefficient (Wildman–Crippen LogP) is 4.76. The number of allylic oxidation sites excluding steroid dienone is 2. The Balaban J connectivity index is 2.10. The molecule has 0 heterocycles. The molecule has 0 fully saturated rings. The van der Waals surface area contributed by atoms with E-state index in [1.54, 1.807) is 18.2 Å². The van der Waals surface area contributed by atoms with Gasteiger partial charge in [-0.15, -0.1) is 0 Å². The largest absolute Gasteiger partial charge is 0.508 e. The number of aromatic hydroxyl groups is 1. The van der Waals surface area contributed by atoms with Crippen LogP contribution in [-0.2, 0) is 4.79 Å². The Bertz CT molecular complexity index is 680. The summed E-state index contributed by atoms with van der Waals surface area (Å²) in [6.45, 7) is 4.30. The lowest BCUT2D eigenvalue weighted by Crippen LogP contribution is -2.28. The number of hydrogen-bond donors (Lipinski definition) is 1. The quantitative estimate of drug-likeness (QED) is 0.888. The van der Waals surface area contributed by atoms with Gasteiger partial charge in [0.05, 0.1) is 0 Å². The van der Waals surface area contributed by atoms with Gasteiger partial charge in [-0.05, 0) is 48.1 Å². The number of benzene rings is 2.